The lowest BCUT2D eigenvalue weighted by atomic mass is 10.1. The molecule has 1 fully saturated rings. The van der Waals surface area contributed by atoms with Crippen molar-refractivity contribution in [2.45, 2.75) is 12.5 Å². The molecule has 2 aliphatic heterocycles. The Hall–Kier alpha value is -2.12. The van der Waals surface area contributed by atoms with Crippen molar-refractivity contribution >= 4 is 23.0 Å². The Kier molecular flexibility index (Phi) is 4.35. The van der Waals surface area contributed by atoms with Crippen molar-refractivity contribution in [2.75, 3.05) is 58.4 Å². The van der Waals surface area contributed by atoms with Crippen LogP contribution >= 0.6 is 0 Å². The van der Waals surface area contributed by atoms with Crippen molar-refractivity contribution in [3.05, 3.63) is 24.3 Å². The number of likely N-dealkylation sites (N-methyl/N-ethyl adjacent to an activating group) is 2. The molecule has 0 bridgehead atoms. The van der Waals surface area contributed by atoms with Crippen molar-refractivity contribution in [3.63, 3.8) is 0 Å². The van der Waals surface area contributed by atoms with Gasteiger partial charge in [0, 0.05) is 40.3 Å². The van der Waals surface area contributed by atoms with Crippen LogP contribution in [0.2, 0.25) is 0 Å². The summed E-state index contributed by atoms with van der Waals surface area (Å²) in [5.74, 6) is 0.738. The Labute approximate surface area is 147 Å². The number of rotatable bonds is 3. The molecule has 0 aliphatic carbocycles. The molecule has 1 amide bonds. The van der Waals surface area contributed by atoms with Gasteiger partial charge in [-0.2, -0.15) is 0 Å². The third kappa shape index (κ3) is 2.98. The fourth-order valence-electron chi connectivity index (χ4n) is 3.73. The highest BCUT2D eigenvalue weighted by Gasteiger charge is 2.31. The molecule has 134 valence electrons. The molecule has 1 unspecified atom stereocenters. The highest BCUT2D eigenvalue weighted by atomic mass is 16.5. The number of ether oxygens (including phenoxy) is 1. The van der Waals surface area contributed by atoms with Crippen molar-refractivity contribution < 1.29 is 9.53 Å². The number of fused-ring (bicyclic) bond motifs is 3. The normalized spacial score (nSPS) is 22.3. The lowest BCUT2D eigenvalue weighted by Gasteiger charge is -2.32. The first-order valence-corrected chi connectivity index (χ1v) is 8.91. The van der Waals surface area contributed by atoms with Crippen LogP contribution in [0.5, 0.6) is 0 Å². The zero-order chi connectivity index (χ0) is 17.4. The number of anilines is 1. The quantitative estimate of drug-likeness (QED) is 0.845. The minimum absolute atomic E-state index is 0.00979. The summed E-state index contributed by atoms with van der Waals surface area (Å²) >= 11 is 0. The van der Waals surface area contributed by atoms with Gasteiger partial charge in [-0.15, -0.1) is 0 Å². The third-order valence-electron chi connectivity index (χ3n) is 5.29. The first-order valence-electron chi connectivity index (χ1n) is 8.91. The molecule has 1 atom stereocenters. The largest absolute Gasteiger partial charge is 0.379 e. The Balaban J connectivity index is 1.61. The fourth-order valence-corrected chi connectivity index (χ4v) is 3.73. The highest BCUT2D eigenvalue weighted by Crippen LogP contribution is 2.27. The van der Waals surface area contributed by atoms with E-state index in [-0.39, 0.29) is 12.1 Å². The average Bonchev–Trinajstić information content (AvgIpc) is 3.00. The van der Waals surface area contributed by atoms with Crippen LogP contribution < -0.4 is 4.90 Å². The molecule has 1 aromatic heterocycles. The van der Waals surface area contributed by atoms with Gasteiger partial charge in [0.15, 0.2) is 0 Å². The monoisotopic (exact) mass is 343 g/mol. The first-order chi connectivity index (χ1) is 12.1. The Morgan fingerprint density at radius 1 is 1.20 bits per heavy atom. The molecule has 0 radical (unpaired) electrons. The topological polar surface area (TPSA) is 53.8 Å². The van der Waals surface area contributed by atoms with Gasteiger partial charge >= 0.3 is 6.03 Å². The summed E-state index contributed by atoms with van der Waals surface area (Å²) in [6.07, 6.45) is 0.997. The molecule has 2 aliphatic rings. The summed E-state index contributed by atoms with van der Waals surface area (Å²) in [5, 5.41) is 0. The lowest BCUT2D eigenvalue weighted by Crippen LogP contribution is -2.44. The van der Waals surface area contributed by atoms with Gasteiger partial charge in [-0.3, -0.25) is 4.90 Å². The molecule has 1 aromatic carbocycles. The van der Waals surface area contributed by atoms with Crippen LogP contribution in [0.25, 0.3) is 11.0 Å². The Morgan fingerprint density at radius 2 is 1.96 bits per heavy atom. The van der Waals surface area contributed by atoms with Crippen LogP contribution in [0.15, 0.2) is 24.3 Å². The van der Waals surface area contributed by atoms with Crippen LogP contribution in [-0.2, 0) is 4.74 Å². The molecule has 7 heteroatoms. The van der Waals surface area contributed by atoms with Crippen molar-refractivity contribution in [3.8, 4) is 0 Å². The van der Waals surface area contributed by atoms with E-state index in [1.54, 1.807) is 4.57 Å². The highest BCUT2D eigenvalue weighted by molar-refractivity contribution is 5.93. The minimum Gasteiger partial charge on any atom is -0.379 e. The van der Waals surface area contributed by atoms with E-state index in [4.69, 9.17) is 9.72 Å². The van der Waals surface area contributed by atoms with Gasteiger partial charge < -0.3 is 14.5 Å². The number of carbonyl (C=O) groups excluding carboxylic acids is 1. The zero-order valence-electron chi connectivity index (χ0n) is 14.9. The number of aromatic nitrogens is 2. The van der Waals surface area contributed by atoms with Gasteiger partial charge in [0.25, 0.3) is 0 Å². The van der Waals surface area contributed by atoms with E-state index in [1.807, 2.05) is 43.3 Å². The van der Waals surface area contributed by atoms with Crippen molar-refractivity contribution in [1.82, 2.24) is 19.4 Å². The number of nitrogens with zero attached hydrogens (tertiary/aromatic N) is 5. The smallest absolute Gasteiger partial charge is 0.331 e. The van der Waals surface area contributed by atoms with Crippen molar-refractivity contribution in [1.29, 1.82) is 0 Å². The Morgan fingerprint density at radius 3 is 2.76 bits per heavy atom. The molecule has 1 saturated heterocycles. The minimum atomic E-state index is -0.00979. The van der Waals surface area contributed by atoms with Crippen LogP contribution in [0, 0.1) is 0 Å². The van der Waals surface area contributed by atoms with Crippen LogP contribution in [-0.4, -0.2) is 84.9 Å². The molecule has 0 spiro atoms. The summed E-state index contributed by atoms with van der Waals surface area (Å²) < 4.78 is 7.17. The third-order valence-corrected chi connectivity index (χ3v) is 5.29. The van der Waals surface area contributed by atoms with Gasteiger partial charge in [0.05, 0.1) is 30.3 Å². The lowest BCUT2D eigenvalue weighted by molar-refractivity contribution is 0.0364. The van der Waals surface area contributed by atoms with E-state index in [1.165, 1.54) is 0 Å². The summed E-state index contributed by atoms with van der Waals surface area (Å²) in [7, 11) is 3.93. The van der Waals surface area contributed by atoms with E-state index in [0.717, 1.165) is 56.3 Å². The fraction of sp³-hybridized carbons (Fsp3) is 0.556. The van der Waals surface area contributed by atoms with Gasteiger partial charge in [-0.1, -0.05) is 12.1 Å². The number of hydrogen-bond acceptors (Lipinski definition) is 5. The predicted octanol–water partition coefficient (Wildman–Crippen LogP) is 1.48. The number of hydrogen-bond donors (Lipinski definition) is 0. The summed E-state index contributed by atoms with van der Waals surface area (Å²) in [4.78, 5) is 24.1. The molecular formula is C18H25N5O2. The van der Waals surface area contributed by atoms with Gasteiger partial charge in [0.1, 0.15) is 0 Å². The molecule has 0 N–H and O–H groups in total. The van der Waals surface area contributed by atoms with Gasteiger partial charge in [0.2, 0.25) is 5.95 Å². The maximum Gasteiger partial charge on any atom is 0.331 e. The number of benzene rings is 1. The zero-order valence-corrected chi connectivity index (χ0v) is 14.9. The maximum absolute atomic E-state index is 12.9. The molecule has 3 heterocycles. The van der Waals surface area contributed by atoms with Crippen molar-refractivity contribution in [2.24, 2.45) is 0 Å². The second-order valence-electron chi connectivity index (χ2n) is 6.91. The standard InChI is InChI=1S/C18H25N5O2/c1-20-13-14(7-8-22-9-11-25-12-10-22)21(2)17-19-15-5-3-4-6-16(15)23(17)18(20)24/h3-6,14H,7-13H2,1-2H3. The summed E-state index contributed by atoms with van der Waals surface area (Å²) in [6, 6.07) is 8.06. The average molecular weight is 343 g/mol. The van der Waals surface area contributed by atoms with Crippen LogP contribution in [0.3, 0.4) is 0 Å². The molecular weight excluding hydrogens is 318 g/mol. The van der Waals surface area contributed by atoms with Gasteiger partial charge in [-0.25, -0.2) is 14.3 Å². The summed E-state index contributed by atoms with van der Waals surface area (Å²) in [6.45, 7) is 5.33. The molecule has 7 nitrogen and oxygen atoms in total. The van der Waals surface area contributed by atoms with E-state index in [0.29, 0.717) is 6.54 Å². The number of para-hydroxylation sites is 2. The first kappa shape index (κ1) is 16.4. The number of amides is 1. The molecule has 2 aromatic rings. The van der Waals surface area contributed by atoms with E-state index in [2.05, 4.69) is 9.80 Å². The van der Waals surface area contributed by atoms with E-state index in [9.17, 15) is 4.79 Å². The van der Waals surface area contributed by atoms with Gasteiger partial charge in [-0.05, 0) is 18.6 Å². The number of carbonyl (C=O) groups is 1. The predicted molar refractivity (Wildman–Crippen MR) is 97.2 cm³/mol. The van der Waals surface area contributed by atoms with Crippen LogP contribution in [0.4, 0.5) is 10.7 Å². The Bertz CT molecular complexity index is 768. The molecule has 25 heavy (non-hydrogen) atoms. The van der Waals surface area contributed by atoms with E-state index < -0.39 is 0 Å². The van der Waals surface area contributed by atoms with Crippen LogP contribution in [0.1, 0.15) is 6.42 Å². The number of imidazole rings is 1. The molecule has 0 saturated carbocycles. The maximum atomic E-state index is 12.9. The SMILES string of the molecule is CN1CC(CCN2CCOCC2)N(C)c2nc3ccccc3n2C1=O. The summed E-state index contributed by atoms with van der Waals surface area (Å²) in [5.41, 5.74) is 1.73. The second kappa shape index (κ2) is 6.65. The van der Waals surface area contributed by atoms with E-state index >= 15 is 0 Å². The second-order valence-corrected chi connectivity index (χ2v) is 6.91. The molecule has 4 rings (SSSR count). The number of morpholine rings is 1.